The molecule has 3 N–H and O–H groups in total. The fraction of sp³-hybridized carbons (Fsp3) is 0.333. The number of fused-ring (bicyclic) bond motifs is 1. The number of carbonyl (C=O) groups is 2. The molecule has 2 amide bonds. The van der Waals surface area contributed by atoms with Crippen LogP contribution in [0.25, 0.3) is 10.9 Å². The van der Waals surface area contributed by atoms with Crippen LogP contribution in [0, 0.1) is 5.92 Å². The molecule has 0 unspecified atom stereocenters. The highest BCUT2D eigenvalue weighted by Gasteiger charge is 2.21. The molecule has 1 atom stereocenters. The van der Waals surface area contributed by atoms with Crippen LogP contribution >= 0.6 is 0 Å². The predicted octanol–water partition coefficient (Wildman–Crippen LogP) is 0.0226. The minimum absolute atomic E-state index is 0.132. The number of para-hydroxylation sites is 1. The molecule has 0 bridgehead atoms. The van der Waals surface area contributed by atoms with E-state index in [4.69, 9.17) is 5.73 Å². The quantitative estimate of drug-likeness (QED) is 0.812. The van der Waals surface area contributed by atoms with E-state index >= 15 is 0 Å². The first kappa shape index (κ1) is 15.7. The van der Waals surface area contributed by atoms with E-state index < -0.39 is 17.9 Å². The zero-order valence-corrected chi connectivity index (χ0v) is 12.4. The maximum atomic E-state index is 12.3. The number of hydrogen-bond acceptors (Lipinski definition) is 4. The summed E-state index contributed by atoms with van der Waals surface area (Å²) in [7, 11) is 0. The lowest BCUT2D eigenvalue weighted by molar-refractivity contribution is -0.128. The zero-order chi connectivity index (χ0) is 16.3. The van der Waals surface area contributed by atoms with Crippen molar-refractivity contribution in [1.29, 1.82) is 0 Å². The maximum Gasteiger partial charge on any atom is 0.261 e. The first-order valence-electron chi connectivity index (χ1n) is 6.93. The molecule has 0 fully saturated rings. The second-order valence-corrected chi connectivity index (χ2v) is 5.39. The summed E-state index contributed by atoms with van der Waals surface area (Å²) in [6.45, 7) is 3.34. The van der Waals surface area contributed by atoms with Crippen molar-refractivity contribution in [2.24, 2.45) is 11.7 Å². The van der Waals surface area contributed by atoms with Crippen LogP contribution in [0.15, 0.2) is 35.4 Å². The van der Waals surface area contributed by atoms with E-state index in [0.29, 0.717) is 10.9 Å². The second-order valence-electron chi connectivity index (χ2n) is 5.39. The molecule has 7 heteroatoms. The molecule has 0 aliphatic rings. The molecule has 0 saturated carbocycles. The largest absolute Gasteiger partial charge is 0.368 e. The number of aromatic nitrogens is 2. The van der Waals surface area contributed by atoms with Gasteiger partial charge in [0, 0.05) is 0 Å². The van der Waals surface area contributed by atoms with Gasteiger partial charge in [0.2, 0.25) is 11.8 Å². The fourth-order valence-electron chi connectivity index (χ4n) is 2.16. The highest BCUT2D eigenvalue weighted by molar-refractivity contribution is 5.86. The monoisotopic (exact) mass is 302 g/mol. The summed E-state index contributed by atoms with van der Waals surface area (Å²) in [5.41, 5.74) is 5.52. The first-order valence-corrected chi connectivity index (χ1v) is 6.93. The summed E-state index contributed by atoms with van der Waals surface area (Å²) in [5, 5.41) is 2.98. The summed E-state index contributed by atoms with van der Waals surface area (Å²) in [6, 6.07) is 6.13. The van der Waals surface area contributed by atoms with Crippen molar-refractivity contribution in [1.82, 2.24) is 14.9 Å². The van der Waals surface area contributed by atoms with Gasteiger partial charge in [0.1, 0.15) is 12.6 Å². The second kappa shape index (κ2) is 6.38. The Bertz CT molecular complexity index is 767. The summed E-state index contributed by atoms with van der Waals surface area (Å²) in [6.07, 6.45) is 1.32. The average Bonchev–Trinajstić information content (AvgIpc) is 2.47. The van der Waals surface area contributed by atoms with Gasteiger partial charge >= 0.3 is 0 Å². The smallest absolute Gasteiger partial charge is 0.261 e. The SMILES string of the molecule is CC(C)[C@@H](NC(=O)Cn1cnc2ccccc2c1=O)C(N)=O. The Morgan fingerprint density at radius 2 is 2.00 bits per heavy atom. The van der Waals surface area contributed by atoms with Gasteiger partial charge in [-0.1, -0.05) is 26.0 Å². The summed E-state index contributed by atoms with van der Waals surface area (Å²) < 4.78 is 1.20. The molecule has 116 valence electrons. The Morgan fingerprint density at radius 3 is 2.64 bits per heavy atom. The van der Waals surface area contributed by atoms with Crippen LogP contribution in [0.5, 0.6) is 0 Å². The molecular formula is C15H18N4O3. The van der Waals surface area contributed by atoms with Crippen LogP contribution in [-0.4, -0.2) is 27.4 Å². The number of benzene rings is 1. The third-order valence-corrected chi connectivity index (χ3v) is 3.34. The van der Waals surface area contributed by atoms with Gasteiger partial charge in [-0.2, -0.15) is 0 Å². The van der Waals surface area contributed by atoms with Crippen LogP contribution in [0.2, 0.25) is 0 Å². The topological polar surface area (TPSA) is 107 Å². The van der Waals surface area contributed by atoms with Crippen molar-refractivity contribution < 1.29 is 9.59 Å². The van der Waals surface area contributed by atoms with Crippen molar-refractivity contribution in [3.05, 3.63) is 40.9 Å². The van der Waals surface area contributed by atoms with E-state index in [1.54, 1.807) is 38.1 Å². The van der Waals surface area contributed by atoms with Crippen LogP contribution < -0.4 is 16.6 Å². The summed E-state index contributed by atoms with van der Waals surface area (Å²) >= 11 is 0. The molecule has 0 aliphatic heterocycles. The van der Waals surface area contributed by atoms with Gasteiger partial charge in [-0.3, -0.25) is 19.0 Å². The number of nitrogens with one attached hydrogen (secondary N) is 1. The van der Waals surface area contributed by atoms with E-state index in [1.807, 2.05) is 0 Å². The van der Waals surface area contributed by atoms with Crippen molar-refractivity contribution in [3.8, 4) is 0 Å². The molecule has 22 heavy (non-hydrogen) atoms. The van der Waals surface area contributed by atoms with Crippen molar-refractivity contribution in [2.45, 2.75) is 26.4 Å². The number of nitrogens with zero attached hydrogens (tertiary/aromatic N) is 2. The lowest BCUT2D eigenvalue weighted by atomic mass is 10.0. The first-order chi connectivity index (χ1) is 10.4. The highest BCUT2D eigenvalue weighted by Crippen LogP contribution is 2.05. The molecule has 0 spiro atoms. The van der Waals surface area contributed by atoms with Crippen molar-refractivity contribution in [3.63, 3.8) is 0 Å². The molecule has 1 aromatic carbocycles. The predicted molar refractivity (Wildman–Crippen MR) is 82.0 cm³/mol. The van der Waals surface area contributed by atoms with Gasteiger partial charge in [-0.15, -0.1) is 0 Å². The van der Waals surface area contributed by atoms with E-state index in [1.165, 1.54) is 10.9 Å². The Labute approximate surface area is 127 Å². The normalized spacial score (nSPS) is 12.3. The Morgan fingerprint density at radius 1 is 1.32 bits per heavy atom. The van der Waals surface area contributed by atoms with Gasteiger partial charge < -0.3 is 11.1 Å². The van der Waals surface area contributed by atoms with Crippen molar-refractivity contribution in [2.75, 3.05) is 0 Å². The third kappa shape index (κ3) is 3.30. The van der Waals surface area contributed by atoms with Gasteiger partial charge in [0.15, 0.2) is 0 Å². The van der Waals surface area contributed by atoms with Gasteiger partial charge in [-0.05, 0) is 18.1 Å². The zero-order valence-electron chi connectivity index (χ0n) is 12.4. The van der Waals surface area contributed by atoms with Crippen LogP contribution in [0.3, 0.4) is 0 Å². The molecule has 0 aliphatic carbocycles. The molecule has 1 heterocycles. The fourth-order valence-corrected chi connectivity index (χ4v) is 2.16. The minimum atomic E-state index is -0.767. The Hall–Kier alpha value is -2.70. The van der Waals surface area contributed by atoms with Gasteiger partial charge in [0.05, 0.1) is 17.2 Å². The Kier molecular flexibility index (Phi) is 4.55. The van der Waals surface area contributed by atoms with Crippen LogP contribution in [-0.2, 0) is 16.1 Å². The van der Waals surface area contributed by atoms with E-state index in [-0.39, 0.29) is 18.0 Å². The lowest BCUT2D eigenvalue weighted by Crippen LogP contribution is -2.49. The van der Waals surface area contributed by atoms with Gasteiger partial charge in [0.25, 0.3) is 5.56 Å². The van der Waals surface area contributed by atoms with E-state index in [2.05, 4.69) is 10.3 Å². The molecule has 0 radical (unpaired) electrons. The van der Waals surface area contributed by atoms with E-state index in [0.717, 1.165) is 0 Å². The number of rotatable bonds is 5. The molecule has 2 aromatic rings. The standard InChI is InChI=1S/C15H18N4O3/c1-9(2)13(14(16)21)18-12(20)7-19-8-17-11-6-4-3-5-10(11)15(19)22/h3-6,8-9,13H,7H2,1-2H3,(H2,16,21)(H,18,20)/t13-/m1/s1. The highest BCUT2D eigenvalue weighted by atomic mass is 16.2. The van der Waals surface area contributed by atoms with E-state index in [9.17, 15) is 14.4 Å². The summed E-state index contributed by atoms with van der Waals surface area (Å²) in [5.74, 6) is -1.20. The molecule has 1 aromatic heterocycles. The number of amides is 2. The lowest BCUT2D eigenvalue weighted by Gasteiger charge is -2.19. The van der Waals surface area contributed by atoms with Crippen LogP contribution in [0.4, 0.5) is 0 Å². The minimum Gasteiger partial charge on any atom is -0.368 e. The third-order valence-electron chi connectivity index (χ3n) is 3.34. The molecule has 0 saturated heterocycles. The number of primary amides is 1. The number of carbonyl (C=O) groups excluding carboxylic acids is 2. The molecule has 7 nitrogen and oxygen atoms in total. The average molecular weight is 302 g/mol. The van der Waals surface area contributed by atoms with Gasteiger partial charge in [-0.25, -0.2) is 4.98 Å². The summed E-state index contributed by atoms with van der Waals surface area (Å²) in [4.78, 5) is 39.7. The van der Waals surface area contributed by atoms with Crippen LogP contribution in [0.1, 0.15) is 13.8 Å². The maximum absolute atomic E-state index is 12.3. The number of hydrogen-bond donors (Lipinski definition) is 2. The molecule has 2 rings (SSSR count). The number of nitrogens with two attached hydrogens (primary N) is 1. The Balaban J connectivity index is 2.20. The molecular weight excluding hydrogens is 284 g/mol. The van der Waals surface area contributed by atoms with Crippen molar-refractivity contribution >= 4 is 22.7 Å².